The van der Waals surface area contributed by atoms with E-state index in [0.717, 1.165) is 18.2 Å². The van der Waals surface area contributed by atoms with E-state index in [2.05, 4.69) is 56.9 Å². The fourth-order valence-corrected chi connectivity index (χ4v) is 2.39. The molecule has 0 bridgehead atoms. The lowest BCUT2D eigenvalue weighted by Crippen LogP contribution is -2.36. The van der Waals surface area contributed by atoms with E-state index in [1.54, 1.807) is 11.0 Å². The third-order valence-corrected chi connectivity index (χ3v) is 3.69. The van der Waals surface area contributed by atoms with Crippen molar-refractivity contribution < 1.29 is 0 Å². The van der Waals surface area contributed by atoms with Crippen molar-refractivity contribution in [3.8, 4) is 5.69 Å². The highest BCUT2D eigenvalue weighted by atomic mass is 15.3. The molecule has 2 aromatic carbocycles. The smallest absolute Gasteiger partial charge is 0.191 e. The van der Waals surface area contributed by atoms with Gasteiger partial charge in [-0.05, 0) is 30.2 Å². The number of hydrogen-bond donors (Lipinski definition) is 2. The highest BCUT2D eigenvalue weighted by Gasteiger charge is 2.00. The summed E-state index contributed by atoms with van der Waals surface area (Å²) in [7, 11) is 0. The summed E-state index contributed by atoms with van der Waals surface area (Å²) in [6.45, 7) is 4.25. The maximum atomic E-state index is 4.63. The molecule has 3 rings (SSSR count). The first-order valence-electron chi connectivity index (χ1n) is 8.35. The molecule has 6 heteroatoms. The first-order chi connectivity index (χ1) is 12.3. The van der Waals surface area contributed by atoms with Crippen molar-refractivity contribution >= 4 is 5.96 Å². The Kier molecular flexibility index (Phi) is 5.77. The number of aromatic nitrogens is 3. The lowest BCUT2D eigenvalue weighted by molar-refractivity contribution is 0.814. The first-order valence-corrected chi connectivity index (χ1v) is 8.35. The molecule has 2 N–H and O–H groups in total. The Bertz CT molecular complexity index is 779. The van der Waals surface area contributed by atoms with Crippen molar-refractivity contribution in [1.29, 1.82) is 0 Å². The topological polar surface area (TPSA) is 67.1 Å². The Morgan fingerprint density at radius 3 is 2.48 bits per heavy atom. The van der Waals surface area contributed by atoms with Gasteiger partial charge in [0, 0.05) is 13.1 Å². The minimum absolute atomic E-state index is 0.654. The average Bonchev–Trinajstić information content (AvgIpc) is 3.20. The summed E-state index contributed by atoms with van der Waals surface area (Å²) in [6, 6.07) is 18.4. The molecule has 0 radical (unpaired) electrons. The van der Waals surface area contributed by atoms with E-state index < -0.39 is 0 Å². The van der Waals surface area contributed by atoms with Crippen LogP contribution in [0.2, 0.25) is 0 Å². The van der Waals surface area contributed by atoms with E-state index in [0.29, 0.717) is 13.1 Å². The zero-order chi connectivity index (χ0) is 17.3. The maximum Gasteiger partial charge on any atom is 0.191 e. The van der Waals surface area contributed by atoms with Gasteiger partial charge in [0.1, 0.15) is 12.7 Å². The summed E-state index contributed by atoms with van der Waals surface area (Å²) in [5.74, 6) is 0.812. The van der Waals surface area contributed by atoms with Crippen LogP contribution in [-0.2, 0) is 13.1 Å². The minimum atomic E-state index is 0.654. The van der Waals surface area contributed by atoms with Crippen LogP contribution in [-0.4, -0.2) is 27.3 Å². The minimum Gasteiger partial charge on any atom is -0.357 e. The average molecular weight is 334 g/mol. The van der Waals surface area contributed by atoms with E-state index in [9.17, 15) is 0 Å². The number of nitrogens with one attached hydrogen (secondary N) is 2. The zero-order valence-electron chi connectivity index (χ0n) is 14.3. The van der Waals surface area contributed by atoms with E-state index in [-0.39, 0.29) is 0 Å². The van der Waals surface area contributed by atoms with E-state index >= 15 is 0 Å². The number of guanidine groups is 1. The molecule has 0 aliphatic carbocycles. The predicted octanol–water partition coefficient (Wildman–Crippen LogP) is 2.52. The van der Waals surface area contributed by atoms with Crippen molar-refractivity contribution in [3.63, 3.8) is 0 Å². The van der Waals surface area contributed by atoms with E-state index in [1.165, 1.54) is 17.5 Å². The van der Waals surface area contributed by atoms with Gasteiger partial charge in [0.2, 0.25) is 0 Å². The molecule has 3 aromatic rings. The van der Waals surface area contributed by atoms with E-state index in [1.807, 2.05) is 30.3 Å². The molecule has 0 atom stereocenters. The zero-order valence-corrected chi connectivity index (χ0v) is 14.3. The molecule has 0 aliphatic heterocycles. The summed E-state index contributed by atoms with van der Waals surface area (Å²) >= 11 is 0. The highest BCUT2D eigenvalue weighted by Crippen LogP contribution is 2.08. The summed E-state index contributed by atoms with van der Waals surface area (Å²) in [5.41, 5.74) is 3.36. The van der Waals surface area contributed by atoms with Crippen LogP contribution in [0.15, 0.2) is 72.2 Å². The number of nitrogens with zero attached hydrogens (tertiary/aromatic N) is 4. The Labute approximate surface area is 147 Å². The normalized spacial score (nSPS) is 11.3. The second-order valence-electron chi connectivity index (χ2n) is 5.54. The molecular formula is C19H22N6. The van der Waals surface area contributed by atoms with Crippen LogP contribution in [0.3, 0.4) is 0 Å². The summed E-state index contributed by atoms with van der Waals surface area (Å²) in [4.78, 5) is 8.59. The van der Waals surface area contributed by atoms with Gasteiger partial charge in [-0.25, -0.2) is 14.7 Å². The Balaban J connectivity index is 1.59. The number of rotatable bonds is 6. The highest BCUT2D eigenvalue weighted by molar-refractivity contribution is 5.79. The number of hydrogen-bond acceptors (Lipinski definition) is 3. The first kappa shape index (κ1) is 16.7. The lowest BCUT2D eigenvalue weighted by Gasteiger charge is -2.12. The molecule has 6 nitrogen and oxygen atoms in total. The van der Waals surface area contributed by atoms with Gasteiger partial charge in [-0.2, -0.15) is 5.10 Å². The summed E-state index contributed by atoms with van der Waals surface area (Å²) in [5, 5.41) is 10.8. The van der Waals surface area contributed by atoms with Gasteiger partial charge in [-0.3, -0.25) is 0 Å². The van der Waals surface area contributed by atoms with Crippen LogP contribution in [0.4, 0.5) is 0 Å². The maximum absolute atomic E-state index is 4.63. The van der Waals surface area contributed by atoms with Crippen molar-refractivity contribution in [2.24, 2.45) is 4.99 Å². The fraction of sp³-hybridized carbons (Fsp3) is 0.211. The Hall–Kier alpha value is -3.15. The molecule has 0 saturated carbocycles. The van der Waals surface area contributed by atoms with Crippen LogP contribution < -0.4 is 10.6 Å². The molecule has 128 valence electrons. The SMILES string of the molecule is CCNC(=NCc1ccccc1)NCc1ccc(-n2cncn2)cc1. The van der Waals surface area contributed by atoms with Crippen molar-refractivity contribution in [3.05, 3.63) is 78.4 Å². The van der Waals surface area contributed by atoms with Crippen molar-refractivity contribution in [2.45, 2.75) is 20.0 Å². The molecule has 0 amide bonds. The lowest BCUT2D eigenvalue weighted by atomic mass is 10.2. The molecule has 1 aromatic heterocycles. The Morgan fingerprint density at radius 2 is 1.80 bits per heavy atom. The van der Waals surface area contributed by atoms with Crippen LogP contribution in [0.5, 0.6) is 0 Å². The molecule has 1 heterocycles. The third kappa shape index (κ3) is 4.91. The molecule has 0 aliphatic rings. The monoisotopic (exact) mass is 334 g/mol. The quantitative estimate of drug-likeness (QED) is 0.537. The summed E-state index contributed by atoms with van der Waals surface area (Å²) in [6.07, 6.45) is 3.22. The fourth-order valence-electron chi connectivity index (χ4n) is 2.39. The van der Waals surface area contributed by atoms with Gasteiger partial charge in [-0.1, -0.05) is 42.5 Å². The molecule has 0 saturated heterocycles. The van der Waals surface area contributed by atoms with Gasteiger partial charge >= 0.3 is 0 Å². The molecular weight excluding hydrogens is 312 g/mol. The predicted molar refractivity (Wildman–Crippen MR) is 99.5 cm³/mol. The van der Waals surface area contributed by atoms with E-state index in [4.69, 9.17) is 0 Å². The molecule has 0 fully saturated rings. The van der Waals surface area contributed by atoms with Crippen LogP contribution in [0.1, 0.15) is 18.1 Å². The third-order valence-electron chi connectivity index (χ3n) is 3.69. The van der Waals surface area contributed by atoms with Gasteiger partial charge in [-0.15, -0.1) is 0 Å². The van der Waals surface area contributed by atoms with Crippen LogP contribution >= 0.6 is 0 Å². The second-order valence-corrected chi connectivity index (χ2v) is 5.54. The van der Waals surface area contributed by atoms with Gasteiger partial charge in [0.25, 0.3) is 0 Å². The molecule has 25 heavy (non-hydrogen) atoms. The Morgan fingerprint density at radius 1 is 1.00 bits per heavy atom. The number of benzene rings is 2. The number of aliphatic imine (C=N–C) groups is 1. The van der Waals surface area contributed by atoms with Crippen LogP contribution in [0, 0.1) is 0 Å². The largest absolute Gasteiger partial charge is 0.357 e. The van der Waals surface area contributed by atoms with Crippen molar-refractivity contribution in [1.82, 2.24) is 25.4 Å². The summed E-state index contributed by atoms with van der Waals surface area (Å²) < 4.78 is 1.74. The molecule has 0 unspecified atom stereocenters. The van der Waals surface area contributed by atoms with Gasteiger partial charge in [0.15, 0.2) is 5.96 Å². The van der Waals surface area contributed by atoms with Gasteiger partial charge in [0.05, 0.1) is 12.2 Å². The standard InChI is InChI=1S/C19H22N6/c1-2-21-19(22-12-16-6-4-3-5-7-16)23-13-17-8-10-18(11-9-17)25-15-20-14-24-25/h3-11,14-15H,2,12-13H2,1H3,(H2,21,22,23). The van der Waals surface area contributed by atoms with Crippen molar-refractivity contribution in [2.75, 3.05) is 6.54 Å². The van der Waals surface area contributed by atoms with Gasteiger partial charge < -0.3 is 10.6 Å². The second kappa shape index (κ2) is 8.63. The molecule has 0 spiro atoms. The van der Waals surface area contributed by atoms with Crippen LogP contribution in [0.25, 0.3) is 5.69 Å².